The Kier molecular flexibility index (Phi) is 5.16. The van der Waals surface area contributed by atoms with Crippen molar-refractivity contribution in [3.8, 4) is 0 Å². The minimum atomic E-state index is -0.388. The fourth-order valence-electron chi connectivity index (χ4n) is 2.74. The van der Waals surface area contributed by atoms with Gasteiger partial charge in [-0.1, -0.05) is 36.9 Å². The van der Waals surface area contributed by atoms with Gasteiger partial charge in [0.05, 0.1) is 9.95 Å². The van der Waals surface area contributed by atoms with Gasteiger partial charge in [-0.3, -0.25) is 10.1 Å². The molecular formula is C14H19ClN2O2S. The van der Waals surface area contributed by atoms with Crippen molar-refractivity contribution in [2.75, 3.05) is 18.1 Å². The molecule has 1 aliphatic rings. The summed E-state index contributed by atoms with van der Waals surface area (Å²) < 4.78 is 0.172. The molecule has 0 bridgehead atoms. The number of nitro groups is 1. The third kappa shape index (κ3) is 3.38. The Morgan fingerprint density at radius 1 is 1.40 bits per heavy atom. The van der Waals surface area contributed by atoms with Crippen molar-refractivity contribution in [2.45, 2.75) is 36.9 Å². The van der Waals surface area contributed by atoms with E-state index in [2.05, 4.69) is 11.6 Å². The zero-order chi connectivity index (χ0) is 14.6. The Morgan fingerprint density at radius 3 is 2.70 bits per heavy atom. The van der Waals surface area contributed by atoms with Crippen molar-refractivity contribution >= 4 is 34.7 Å². The number of nitrogens with zero attached hydrogens (tertiary/aromatic N) is 1. The van der Waals surface area contributed by atoms with Gasteiger partial charge in [-0.15, -0.1) is 0 Å². The quantitative estimate of drug-likeness (QED) is 0.630. The van der Waals surface area contributed by atoms with Gasteiger partial charge in [0.1, 0.15) is 5.69 Å². The summed E-state index contributed by atoms with van der Waals surface area (Å²) in [6.45, 7) is 0.721. The van der Waals surface area contributed by atoms with Crippen LogP contribution in [0.2, 0.25) is 5.02 Å². The number of hydrogen-bond donors (Lipinski definition) is 1. The molecule has 1 aromatic rings. The maximum atomic E-state index is 11.1. The average molecular weight is 315 g/mol. The van der Waals surface area contributed by atoms with Crippen LogP contribution in [0.5, 0.6) is 0 Å². The van der Waals surface area contributed by atoms with Gasteiger partial charge >= 0.3 is 0 Å². The molecular weight excluding hydrogens is 296 g/mol. The molecule has 1 aromatic carbocycles. The minimum Gasteiger partial charge on any atom is -0.377 e. The highest BCUT2D eigenvalue weighted by atomic mass is 35.5. The summed E-state index contributed by atoms with van der Waals surface area (Å²) in [6, 6.07) is 4.78. The van der Waals surface area contributed by atoms with Crippen molar-refractivity contribution in [3.05, 3.63) is 33.3 Å². The molecule has 1 saturated carbocycles. The second-order valence-electron chi connectivity index (χ2n) is 5.19. The molecule has 0 heterocycles. The monoisotopic (exact) mass is 314 g/mol. The Bertz CT molecular complexity index is 490. The Balaban J connectivity index is 2.15. The largest absolute Gasteiger partial charge is 0.377 e. The van der Waals surface area contributed by atoms with Crippen LogP contribution in [0.25, 0.3) is 0 Å². The van der Waals surface area contributed by atoms with Gasteiger partial charge in [0.2, 0.25) is 0 Å². The van der Waals surface area contributed by atoms with E-state index < -0.39 is 0 Å². The fourth-order valence-corrected chi connectivity index (χ4v) is 3.89. The molecule has 0 aromatic heterocycles. The van der Waals surface area contributed by atoms with Gasteiger partial charge in [-0.2, -0.15) is 11.8 Å². The molecule has 0 atom stereocenters. The summed E-state index contributed by atoms with van der Waals surface area (Å²) in [4.78, 5) is 10.7. The third-order valence-electron chi connectivity index (χ3n) is 3.97. The predicted octanol–water partition coefficient (Wildman–Crippen LogP) is 4.73. The Morgan fingerprint density at radius 2 is 2.10 bits per heavy atom. The summed E-state index contributed by atoms with van der Waals surface area (Å²) in [5.74, 6) is 0. The van der Waals surface area contributed by atoms with Crippen molar-refractivity contribution in [2.24, 2.45) is 0 Å². The van der Waals surface area contributed by atoms with E-state index in [1.807, 2.05) is 11.8 Å². The molecule has 20 heavy (non-hydrogen) atoms. The molecule has 0 amide bonds. The first-order chi connectivity index (χ1) is 9.58. The van der Waals surface area contributed by atoms with Crippen LogP contribution < -0.4 is 5.32 Å². The van der Waals surface area contributed by atoms with Gasteiger partial charge in [0.15, 0.2) is 0 Å². The molecule has 0 unspecified atom stereocenters. The number of nitrogens with one attached hydrogen (secondary N) is 1. The van der Waals surface area contributed by atoms with Crippen molar-refractivity contribution in [1.82, 2.24) is 0 Å². The van der Waals surface area contributed by atoms with Crippen molar-refractivity contribution < 1.29 is 4.92 Å². The Hall–Kier alpha value is -0.940. The zero-order valence-corrected chi connectivity index (χ0v) is 13.1. The molecule has 0 spiro atoms. The number of rotatable bonds is 5. The topological polar surface area (TPSA) is 55.2 Å². The molecule has 0 saturated heterocycles. The number of thioether (sulfide) groups is 1. The number of nitro benzene ring substituents is 1. The van der Waals surface area contributed by atoms with E-state index in [0.717, 1.165) is 19.4 Å². The predicted molar refractivity (Wildman–Crippen MR) is 85.9 cm³/mol. The molecule has 1 aliphatic carbocycles. The highest BCUT2D eigenvalue weighted by Gasteiger charge is 2.31. The molecule has 0 aliphatic heterocycles. The second kappa shape index (κ2) is 6.68. The van der Waals surface area contributed by atoms with Crippen LogP contribution in [-0.4, -0.2) is 22.5 Å². The number of anilines is 1. The van der Waals surface area contributed by atoms with Gasteiger partial charge in [0, 0.05) is 17.4 Å². The first-order valence-electron chi connectivity index (χ1n) is 6.80. The molecule has 4 nitrogen and oxygen atoms in total. The van der Waals surface area contributed by atoms with Crippen LogP contribution >= 0.6 is 23.4 Å². The van der Waals surface area contributed by atoms with Crippen LogP contribution in [0, 0.1) is 10.1 Å². The highest BCUT2D eigenvalue weighted by molar-refractivity contribution is 8.00. The van der Waals surface area contributed by atoms with Gasteiger partial charge in [-0.05, 0) is 25.2 Å². The van der Waals surface area contributed by atoms with Crippen LogP contribution in [0.15, 0.2) is 18.2 Å². The van der Waals surface area contributed by atoms with E-state index >= 15 is 0 Å². The summed E-state index contributed by atoms with van der Waals surface area (Å²) in [5, 5.41) is 14.7. The fraction of sp³-hybridized carbons (Fsp3) is 0.571. The third-order valence-corrected chi connectivity index (χ3v) is 5.71. The summed E-state index contributed by atoms with van der Waals surface area (Å²) in [5.41, 5.74) is 0.489. The lowest BCUT2D eigenvalue weighted by Gasteiger charge is -2.36. The molecule has 1 N–H and O–H groups in total. The maximum Gasteiger partial charge on any atom is 0.293 e. The minimum absolute atomic E-state index is 0.0459. The summed E-state index contributed by atoms with van der Waals surface area (Å²) in [7, 11) is 0. The summed E-state index contributed by atoms with van der Waals surface area (Å²) >= 11 is 7.96. The van der Waals surface area contributed by atoms with Gasteiger partial charge < -0.3 is 5.32 Å². The van der Waals surface area contributed by atoms with E-state index in [9.17, 15) is 10.1 Å². The molecule has 110 valence electrons. The number of hydrogen-bond acceptors (Lipinski definition) is 4. The number of para-hydroxylation sites is 1. The first kappa shape index (κ1) is 15.4. The number of halogens is 1. The summed E-state index contributed by atoms with van der Waals surface area (Å²) in [6.07, 6.45) is 8.17. The van der Waals surface area contributed by atoms with Crippen molar-refractivity contribution in [3.63, 3.8) is 0 Å². The zero-order valence-electron chi connectivity index (χ0n) is 11.5. The lowest BCUT2D eigenvalue weighted by molar-refractivity contribution is -0.383. The molecule has 1 fully saturated rings. The van der Waals surface area contributed by atoms with E-state index in [1.54, 1.807) is 12.1 Å². The van der Waals surface area contributed by atoms with E-state index in [4.69, 9.17) is 11.6 Å². The Labute approximate surface area is 128 Å². The smallest absolute Gasteiger partial charge is 0.293 e. The van der Waals surface area contributed by atoms with E-state index in [0.29, 0.717) is 10.7 Å². The van der Waals surface area contributed by atoms with Gasteiger partial charge in [0.25, 0.3) is 5.69 Å². The maximum absolute atomic E-state index is 11.1. The van der Waals surface area contributed by atoms with E-state index in [-0.39, 0.29) is 15.4 Å². The van der Waals surface area contributed by atoms with E-state index in [1.165, 1.54) is 25.3 Å². The lowest BCUT2D eigenvalue weighted by atomic mass is 9.88. The van der Waals surface area contributed by atoms with Gasteiger partial charge in [-0.25, -0.2) is 0 Å². The van der Waals surface area contributed by atoms with Crippen LogP contribution in [-0.2, 0) is 0 Å². The number of benzene rings is 1. The van der Waals surface area contributed by atoms with Crippen LogP contribution in [0.3, 0.4) is 0 Å². The first-order valence-corrected chi connectivity index (χ1v) is 8.40. The average Bonchev–Trinajstić information content (AvgIpc) is 2.46. The molecule has 0 radical (unpaired) electrons. The molecule has 6 heteroatoms. The SMILES string of the molecule is CSC1(CNc2c(Cl)cccc2[N+](=O)[O-])CCCCC1. The highest BCUT2D eigenvalue weighted by Crippen LogP contribution is 2.40. The standard InChI is InChI=1S/C14H19ClN2O2S/c1-20-14(8-3-2-4-9-14)10-16-13-11(15)6-5-7-12(13)17(18)19/h5-7,16H,2-4,8-10H2,1H3. The lowest BCUT2D eigenvalue weighted by Crippen LogP contribution is -2.35. The van der Waals surface area contributed by atoms with Crippen LogP contribution in [0.4, 0.5) is 11.4 Å². The van der Waals surface area contributed by atoms with Crippen LogP contribution in [0.1, 0.15) is 32.1 Å². The second-order valence-corrected chi connectivity index (χ2v) is 6.87. The molecule has 2 rings (SSSR count). The van der Waals surface area contributed by atoms with Crippen molar-refractivity contribution in [1.29, 1.82) is 0 Å². The normalized spacial score (nSPS) is 17.7.